The minimum Gasteiger partial charge on any atom is -0.345 e. The monoisotopic (exact) mass is 306 g/mol. The number of hydrogen-bond acceptors (Lipinski definition) is 3. The lowest BCUT2D eigenvalue weighted by Crippen LogP contribution is -2.26. The van der Waals surface area contributed by atoms with Gasteiger partial charge in [0.05, 0.1) is 11.6 Å². The number of benzene rings is 1. The molecule has 1 amide bonds. The van der Waals surface area contributed by atoms with Gasteiger partial charge in [0.15, 0.2) is 5.82 Å². The minimum absolute atomic E-state index is 0.0612. The molecular formula is C18H18N4O. The van der Waals surface area contributed by atoms with Crippen molar-refractivity contribution in [2.75, 3.05) is 0 Å². The molecule has 0 aliphatic rings. The SMILES string of the molecule is Cc1ccc([C@@H](C)NC(=O)c2ccc(-n3cccn3)nc2)cc1. The van der Waals surface area contributed by atoms with Crippen LogP contribution in [0.3, 0.4) is 0 Å². The number of pyridine rings is 1. The highest BCUT2D eigenvalue weighted by molar-refractivity contribution is 5.94. The summed E-state index contributed by atoms with van der Waals surface area (Å²) >= 11 is 0. The van der Waals surface area contributed by atoms with Gasteiger partial charge in [-0.25, -0.2) is 9.67 Å². The Morgan fingerprint density at radius 2 is 1.96 bits per heavy atom. The first-order valence-electron chi connectivity index (χ1n) is 7.47. The molecule has 0 aliphatic heterocycles. The molecule has 0 unspecified atom stereocenters. The molecule has 0 saturated carbocycles. The average Bonchev–Trinajstić information content (AvgIpc) is 3.10. The van der Waals surface area contributed by atoms with E-state index < -0.39 is 0 Å². The number of aryl methyl sites for hydroxylation is 1. The number of carbonyl (C=O) groups excluding carboxylic acids is 1. The molecule has 116 valence electrons. The fourth-order valence-electron chi connectivity index (χ4n) is 2.28. The molecule has 0 fully saturated rings. The van der Waals surface area contributed by atoms with Gasteiger partial charge in [-0.1, -0.05) is 29.8 Å². The van der Waals surface area contributed by atoms with Crippen LogP contribution in [-0.4, -0.2) is 20.7 Å². The van der Waals surface area contributed by atoms with Crippen LogP contribution in [0.4, 0.5) is 0 Å². The first kappa shape index (κ1) is 15.0. The zero-order chi connectivity index (χ0) is 16.2. The van der Waals surface area contributed by atoms with Crippen molar-refractivity contribution >= 4 is 5.91 Å². The van der Waals surface area contributed by atoms with E-state index in [-0.39, 0.29) is 11.9 Å². The van der Waals surface area contributed by atoms with E-state index in [4.69, 9.17) is 0 Å². The smallest absolute Gasteiger partial charge is 0.253 e. The van der Waals surface area contributed by atoms with Crippen molar-refractivity contribution in [1.29, 1.82) is 0 Å². The number of hydrogen-bond donors (Lipinski definition) is 1. The lowest BCUT2D eigenvalue weighted by atomic mass is 10.1. The number of amides is 1. The van der Waals surface area contributed by atoms with Crippen molar-refractivity contribution in [3.63, 3.8) is 0 Å². The second-order valence-corrected chi connectivity index (χ2v) is 5.46. The van der Waals surface area contributed by atoms with Crippen molar-refractivity contribution in [1.82, 2.24) is 20.1 Å². The molecule has 0 aliphatic carbocycles. The maximum atomic E-state index is 12.3. The molecule has 1 atom stereocenters. The van der Waals surface area contributed by atoms with Crippen LogP contribution >= 0.6 is 0 Å². The van der Waals surface area contributed by atoms with E-state index in [1.54, 1.807) is 29.2 Å². The summed E-state index contributed by atoms with van der Waals surface area (Å²) < 4.78 is 1.65. The molecule has 2 aromatic heterocycles. The summed E-state index contributed by atoms with van der Waals surface area (Å²) in [5.41, 5.74) is 2.80. The van der Waals surface area contributed by atoms with Crippen molar-refractivity contribution in [3.8, 4) is 5.82 Å². The summed E-state index contributed by atoms with van der Waals surface area (Å²) in [6, 6.07) is 13.4. The standard InChI is InChI=1S/C18H18N4O/c1-13-4-6-15(7-5-13)14(2)21-18(23)16-8-9-17(19-12-16)22-11-3-10-20-22/h3-12,14H,1-2H3,(H,21,23)/t14-/m1/s1. The highest BCUT2D eigenvalue weighted by atomic mass is 16.1. The molecule has 0 spiro atoms. The molecule has 5 nitrogen and oxygen atoms in total. The molecule has 23 heavy (non-hydrogen) atoms. The molecule has 0 saturated heterocycles. The summed E-state index contributed by atoms with van der Waals surface area (Å²) in [5, 5.41) is 7.09. The first-order valence-corrected chi connectivity index (χ1v) is 7.47. The van der Waals surface area contributed by atoms with Gasteiger partial charge in [0.25, 0.3) is 5.91 Å². The summed E-state index contributed by atoms with van der Waals surface area (Å²) in [6.45, 7) is 4.01. The number of nitrogens with one attached hydrogen (secondary N) is 1. The third-order valence-corrected chi connectivity index (χ3v) is 3.67. The Morgan fingerprint density at radius 3 is 2.57 bits per heavy atom. The molecule has 1 aromatic carbocycles. The predicted molar refractivity (Wildman–Crippen MR) is 88.4 cm³/mol. The second-order valence-electron chi connectivity index (χ2n) is 5.46. The van der Waals surface area contributed by atoms with E-state index >= 15 is 0 Å². The number of rotatable bonds is 4. The maximum absolute atomic E-state index is 12.3. The Labute approximate surface area is 135 Å². The molecule has 0 radical (unpaired) electrons. The molecule has 3 aromatic rings. The van der Waals surface area contributed by atoms with Gasteiger partial charge in [-0.2, -0.15) is 5.10 Å². The lowest BCUT2D eigenvalue weighted by molar-refractivity contribution is 0.0939. The van der Waals surface area contributed by atoms with Crippen molar-refractivity contribution in [2.45, 2.75) is 19.9 Å². The van der Waals surface area contributed by atoms with Gasteiger partial charge < -0.3 is 5.32 Å². The van der Waals surface area contributed by atoms with Crippen molar-refractivity contribution < 1.29 is 4.79 Å². The second kappa shape index (κ2) is 6.44. The van der Waals surface area contributed by atoms with Crippen molar-refractivity contribution in [3.05, 3.63) is 77.7 Å². The first-order chi connectivity index (χ1) is 11.1. The third-order valence-electron chi connectivity index (χ3n) is 3.67. The van der Waals surface area contributed by atoms with Crippen LogP contribution < -0.4 is 5.32 Å². The molecule has 5 heteroatoms. The van der Waals surface area contributed by atoms with Gasteiger partial charge in [0, 0.05) is 18.6 Å². The highest BCUT2D eigenvalue weighted by Gasteiger charge is 2.12. The van der Waals surface area contributed by atoms with E-state index in [2.05, 4.69) is 15.4 Å². The van der Waals surface area contributed by atoms with Gasteiger partial charge in [0.2, 0.25) is 0 Å². The molecular weight excluding hydrogens is 288 g/mol. The van der Waals surface area contributed by atoms with Gasteiger partial charge in [0.1, 0.15) is 0 Å². The van der Waals surface area contributed by atoms with Gasteiger partial charge >= 0.3 is 0 Å². The van der Waals surface area contributed by atoms with Gasteiger partial charge in [-0.3, -0.25) is 4.79 Å². The Hall–Kier alpha value is -2.95. The van der Waals surface area contributed by atoms with Crippen LogP contribution in [0.2, 0.25) is 0 Å². The van der Waals surface area contributed by atoms with Crippen LogP contribution in [0.5, 0.6) is 0 Å². The van der Waals surface area contributed by atoms with Crippen LogP contribution in [-0.2, 0) is 0 Å². The average molecular weight is 306 g/mol. The minimum atomic E-state index is -0.141. The summed E-state index contributed by atoms with van der Waals surface area (Å²) in [4.78, 5) is 16.6. The Kier molecular flexibility index (Phi) is 4.19. The van der Waals surface area contributed by atoms with Crippen LogP contribution in [0.25, 0.3) is 5.82 Å². The highest BCUT2D eigenvalue weighted by Crippen LogP contribution is 2.14. The van der Waals surface area contributed by atoms with E-state index in [1.165, 1.54) is 5.56 Å². The van der Waals surface area contributed by atoms with E-state index in [1.807, 2.05) is 50.4 Å². The quantitative estimate of drug-likeness (QED) is 0.806. The molecule has 3 rings (SSSR count). The lowest BCUT2D eigenvalue weighted by Gasteiger charge is -2.14. The maximum Gasteiger partial charge on any atom is 0.253 e. The van der Waals surface area contributed by atoms with Gasteiger partial charge in [-0.15, -0.1) is 0 Å². The molecule has 0 bridgehead atoms. The van der Waals surface area contributed by atoms with Crippen LogP contribution in [0.15, 0.2) is 61.1 Å². The Balaban J connectivity index is 1.69. The van der Waals surface area contributed by atoms with E-state index in [9.17, 15) is 4.79 Å². The Bertz CT molecular complexity index is 777. The van der Waals surface area contributed by atoms with E-state index in [0.29, 0.717) is 11.4 Å². The number of carbonyl (C=O) groups is 1. The Morgan fingerprint density at radius 1 is 1.17 bits per heavy atom. The largest absolute Gasteiger partial charge is 0.345 e. The number of aromatic nitrogens is 3. The summed E-state index contributed by atoms with van der Waals surface area (Å²) in [5.74, 6) is 0.538. The normalized spacial score (nSPS) is 11.9. The summed E-state index contributed by atoms with van der Waals surface area (Å²) in [7, 11) is 0. The molecule has 2 heterocycles. The predicted octanol–water partition coefficient (Wildman–Crippen LogP) is 3.07. The molecule has 1 N–H and O–H groups in total. The summed E-state index contributed by atoms with van der Waals surface area (Å²) in [6.07, 6.45) is 5.06. The number of nitrogens with zero attached hydrogens (tertiary/aromatic N) is 3. The van der Waals surface area contributed by atoms with Crippen LogP contribution in [0.1, 0.15) is 34.5 Å². The fraction of sp³-hybridized carbons (Fsp3) is 0.167. The fourth-order valence-corrected chi connectivity index (χ4v) is 2.28. The van der Waals surface area contributed by atoms with Gasteiger partial charge in [-0.05, 0) is 37.6 Å². The van der Waals surface area contributed by atoms with Crippen molar-refractivity contribution in [2.24, 2.45) is 0 Å². The van der Waals surface area contributed by atoms with Crippen LogP contribution in [0, 0.1) is 6.92 Å². The third kappa shape index (κ3) is 3.45. The zero-order valence-corrected chi connectivity index (χ0v) is 13.1. The van der Waals surface area contributed by atoms with E-state index in [0.717, 1.165) is 5.56 Å². The topological polar surface area (TPSA) is 59.8 Å². The zero-order valence-electron chi connectivity index (χ0n) is 13.1.